The minimum absolute atomic E-state index is 0.0902. The highest BCUT2D eigenvalue weighted by molar-refractivity contribution is 7.71. The van der Waals surface area contributed by atoms with E-state index >= 15 is 0 Å². The summed E-state index contributed by atoms with van der Waals surface area (Å²) in [4.78, 5) is 14.1. The van der Waals surface area contributed by atoms with E-state index in [0.717, 1.165) is 11.3 Å². The third kappa shape index (κ3) is 5.06. The third-order valence-corrected chi connectivity index (χ3v) is 5.28. The van der Waals surface area contributed by atoms with Gasteiger partial charge in [-0.25, -0.2) is 4.39 Å². The van der Waals surface area contributed by atoms with Gasteiger partial charge in [0.1, 0.15) is 11.6 Å². The summed E-state index contributed by atoms with van der Waals surface area (Å²) in [5.74, 6) is 0.813. The second-order valence-corrected chi connectivity index (χ2v) is 7.46. The predicted molar refractivity (Wildman–Crippen MR) is 117 cm³/mol. The Balaban J connectivity index is 1.69. The zero-order valence-corrected chi connectivity index (χ0v) is 18.3. The molecule has 0 aliphatic carbocycles. The molecule has 0 radical (unpaired) electrons. The molecule has 6 nitrogen and oxygen atoms in total. The maximum absolute atomic E-state index is 14.0. The molecule has 1 aromatic heterocycles. The Morgan fingerprint density at radius 1 is 1.30 bits per heavy atom. The van der Waals surface area contributed by atoms with Crippen LogP contribution in [0.3, 0.4) is 0 Å². The predicted octanol–water partition coefficient (Wildman–Crippen LogP) is 4.85. The molecule has 0 saturated carbocycles. The first kappa shape index (κ1) is 22.0. The Hall–Kier alpha value is -2.71. The van der Waals surface area contributed by atoms with E-state index in [-0.39, 0.29) is 18.9 Å². The number of amides is 1. The van der Waals surface area contributed by atoms with Gasteiger partial charge in [0, 0.05) is 42.7 Å². The van der Waals surface area contributed by atoms with Crippen LogP contribution in [0.1, 0.15) is 18.9 Å². The number of ether oxygens (including phenoxy) is 1. The Kier molecular flexibility index (Phi) is 7.23. The van der Waals surface area contributed by atoms with Crippen molar-refractivity contribution < 1.29 is 13.9 Å². The van der Waals surface area contributed by atoms with Gasteiger partial charge >= 0.3 is 0 Å². The highest BCUT2D eigenvalue weighted by Crippen LogP contribution is 2.22. The molecule has 0 spiro atoms. The van der Waals surface area contributed by atoms with Crippen molar-refractivity contribution in [2.45, 2.75) is 26.4 Å². The zero-order valence-electron chi connectivity index (χ0n) is 16.7. The van der Waals surface area contributed by atoms with E-state index in [1.807, 2.05) is 31.2 Å². The molecule has 1 N–H and O–H groups in total. The quantitative estimate of drug-likeness (QED) is 0.500. The van der Waals surface area contributed by atoms with Crippen molar-refractivity contribution in [3.8, 4) is 17.1 Å². The summed E-state index contributed by atoms with van der Waals surface area (Å²) in [6.45, 7) is 2.94. The van der Waals surface area contributed by atoms with Gasteiger partial charge in [-0.3, -0.25) is 14.5 Å². The van der Waals surface area contributed by atoms with E-state index in [4.69, 9.17) is 28.6 Å². The Bertz CT molecular complexity index is 1060. The number of nitrogens with one attached hydrogen (secondary N) is 1. The van der Waals surface area contributed by atoms with Crippen molar-refractivity contribution >= 4 is 29.7 Å². The molecule has 0 aliphatic heterocycles. The van der Waals surface area contributed by atoms with Crippen LogP contribution in [-0.2, 0) is 17.9 Å². The number of nitrogens with zero attached hydrogens (tertiary/aromatic N) is 3. The van der Waals surface area contributed by atoms with Crippen molar-refractivity contribution in [3.05, 3.63) is 63.6 Å². The van der Waals surface area contributed by atoms with Gasteiger partial charge in [-0.1, -0.05) is 17.7 Å². The van der Waals surface area contributed by atoms with Crippen LogP contribution in [0, 0.1) is 10.6 Å². The zero-order chi connectivity index (χ0) is 21.7. The van der Waals surface area contributed by atoms with Gasteiger partial charge in [-0.05, 0) is 55.5 Å². The molecule has 0 unspecified atom stereocenters. The van der Waals surface area contributed by atoms with Gasteiger partial charge in [0.15, 0.2) is 10.6 Å². The van der Waals surface area contributed by atoms with E-state index in [9.17, 15) is 9.18 Å². The summed E-state index contributed by atoms with van der Waals surface area (Å²) < 4.78 is 21.6. The normalized spacial score (nSPS) is 10.8. The summed E-state index contributed by atoms with van der Waals surface area (Å²) in [6, 6.07) is 12.0. The number of hydrogen-bond acceptors (Lipinski definition) is 4. The smallest absolute Gasteiger partial charge is 0.224 e. The fraction of sp³-hybridized carbons (Fsp3) is 0.286. The monoisotopic (exact) mass is 448 g/mol. The molecule has 0 fully saturated rings. The molecule has 1 amide bonds. The highest BCUT2D eigenvalue weighted by atomic mass is 35.5. The maximum atomic E-state index is 14.0. The Morgan fingerprint density at radius 3 is 2.70 bits per heavy atom. The number of halogens is 2. The van der Waals surface area contributed by atoms with Gasteiger partial charge < -0.3 is 9.64 Å². The second kappa shape index (κ2) is 9.86. The minimum Gasteiger partial charge on any atom is -0.494 e. The van der Waals surface area contributed by atoms with E-state index in [0.29, 0.717) is 34.3 Å². The van der Waals surface area contributed by atoms with Gasteiger partial charge in [0.05, 0.1) is 6.61 Å². The second-order valence-electron chi connectivity index (χ2n) is 6.66. The minimum atomic E-state index is -0.433. The van der Waals surface area contributed by atoms with E-state index in [2.05, 4.69) is 10.2 Å². The van der Waals surface area contributed by atoms with Crippen molar-refractivity contribution in [2.75, 3.05) is 13.7 Å². The molecule has 3 aromatic rings. The molecule has 0 atom stereocenters. The number of H-pyrrole nitrogens is 1. The number of rotatable bonds is 8. The molecule has 1 heterocycles. The van der Waals surface area contributed by atoms with Gasteiger partial charge in [0.2, 0.25) is 5.91 Å². The summed E-state index contributed by atoms with van der Waals surface area (Å²) in [5.41, 5.74) is 1.15. The average Bonchev–Trinajstić information content (AvgIpc) is 3.10. The van der Waals surface area contributed by atoms with Crippen LogP contribution >= 0.6 is 23.8 Å². The van der Waals surface area contributed by atoms with Crippen LogP contribution in [0.2, 0.25) is 5.02 Å². The number of aromatic amines is 1. The van der Waals surface area contributed by atoms with Crippen molar-refractivity contribution in [3.63, 3.8) is 0 Å². The summed E-state index contributed by atoms with van der Waals surface area (Å²) in [6.07, 6.45) is 0.181. The van der Waals surface area contributed by atoms with Gasteiger partial charge in [-0.2, -0.15) is 5.10 Å². The largest absolute Gasteiger partial charge is 0.494 e. The lowest BCUT2D eigenvalue weighted by atomic mass is 10.2. The number of carbonyl (C=O) groups excluding carboxylic acids is 1. The first-order valence-electron chi connectivity index (χ1n) is 9.46. The summed E-state index contributed by atoms with van der Waals surface area (Å²) in [5, 5.41) is 7.36. The average molecular weight is 449 g/mol. The maximum Gasteiger partial charge on any atom is 0.224 e. The Labute approximate surface area is 184 Å². The number of benzene rings is 2. The summed E-state index contributed by atoms with van der Waals surface area (Å²) in [7, 11) is 1.62. The number of carbonyl (C=O) groups is 1. The lowest BCUT2D eigenvalue weighted by molar-refractivity contribution is -0.130. The number of aromatic nitrogens is 3. The first-order chi connectivity index (χ1) is 14.4. The molecular formula is C21H22ClFN4O2S. The highest BCUT2D eigenvalue weighted by Gasteiger charge is 2.16. The lowest BCUT2D eigenvalue weighted by Crippen LogP contribution is -2.27. The van der Waals surface area contributed by atoms with Crippen LogP contribution in [0.4, 0.5) is 4.39 Å². The van der Waals surface area contributed by atoms with Crippen molar-refractivity contribution in [1.29, 1.82) is 0 Å². The standard InChI is InChI=1S/C21H22ClFN4O2S/c1-3-29-15-9-7-14(8-10-15)20-24-25-21(30)27(20)12-11-19(28)26(2)13-16-17(22)5-4-6-18(16)23/h4-10H,3,11-13H2,1-2H3,(H,25,30). The molecule has 0 bridgehead atoms. The lowest BCUT2D eigenvalue weighted by Gasteiger charge is -2.19. The van der Waals surface area contributed by atoms with Crippen molar-refractivity contribution in [2.24, 2.45) is 0 Å². The molecule has 0 saturated heterocycles. The molecular weight excluding hydrogens is 427 g/mol. The van der Waals surface area contributed by atoms with Crippen LogP contribution in [0.15, 0.2) is 42.5 Å². The molecule has 9 heteroatoms. The molecule has 2 aromatic carbocycles. The fourth-order valence-electron chi connectivity index (χ4n) is 3.02. The fourth-order valence-corrected chi connectivity index (χ4v) is 3.47. The van der Waals surface area contributed by atoms with E-state index in [1.165, 1.54) is 17.0 Å². The number of hydrogen-bond donors (Lipinski definition) is 1. The van der Waals surface area contributed by atoms with Crippen LogP contribution in [0.5, 0.6) is 5.75 Å². The van der Waals surface area contributed by atoms with Crippen LogP contribution in [0.25, 0.3) is 11.4 Å². The molecule has 158 valence electrons. The molecule has 3 rings (SSSR count). The van der Waals surface area contributed by atoms with Gasteiger partial charge in [-0.15, -0.1) is 0 Å². The first-order valence-corrected chi connectivity index (χ1v) is 10.2. The SMILES string of the molecule is CCOc1ccc(-c2n[nH]c(=S)n2CCC(=O)N(C)Cc2c(F)cccc2Cl)cc1. The van der Waals surface area contributed by atoms with Crippen LogP contribution < -0.4 is 4.74 Å². The summed E-state index contributed by atoms with van der Waals surface area (Å²) >= 11 is 11.4. The molecule has 0 aliphatic rings. The van der Waals surface area contributed by atoms with E-state index in [1.54, 1.807) is 17.7 Å². The van der Waals surface area contributed by atoms with Crippen molar-refractivity contribution in [1.82, 2.24) is 19.7 Å². The van der Waals surface area contributed by atoms with E-state index < -0.39 is 5.82 Å². The van der Waals surface area contributed by atoms with Gasteiger partial charge in [0.25, 0.3) is 0 Å². The topological polar surface area (TPSA) is 63.1 Å². The molecule has 30 heavy (non-hydrogen) atoms. The Morgan fingerprint density at radius 2 is 2.03 bits per heavy atom. The van der Waals surface area contributed by atoms with Crippen LogP contribution in [-0.4, -0.2) is 39.2 Å². The third-order valence-electron chi connectivity index (χ3n) is 4.61.